The van der Waals surface area contributed by atoms with Gasteiger partial charge in [0, 0.05) is 5.56 Å². The molecule has 70 valence electrons. The quantitative estimate of drug-likeness (QED) is 0.812. The Balaban J connectivity index is 3.09. The Hall–Kier alpha value is -0.960. The topological polar surface area (TPSA) is 18.5 Å². The largest absolute Gasteiger partial charge is 0.497 e. The number of rotatable bonds is 3. The molecule has 0 aliphatic carbocycles. The maximum atomic E-state index is 5.17. The van der Waals surface area contributed by atoms with E-state index < -0.39 is 0 Å². The highest BCUT2D eigenvalue weighted by Gasteiger charge is 2.00. The van der Waals surface area contributed by atoms with Crippen molar-refractivity contribution in [3.05, 3.63) is 28.7 Å². The van der Waals surface area contributed by atoms with Crippen LogP contribution in [0.3, 0.4) is 0 Å². The maximum absolute atomic E-state index is 5.17. The summed E-state index contributed by atoms with van der Waals surface area (Å²) < 4.78 is 10.3. The summed E-state index contributed by atoms with van der Waals surface area (Å²) in [6, 6.07) is 5.65. The fraction of sp³-hybridized carbons (Fsp3) is 0.200. The molecule has 1 aromatic rings. The molecule has 0 aliphatic rings. The van der Waals surface area contributed by atoms with Crippen LogP contribution >= 0.6 is 15.9 Å². The van der Waals surface area contributed by atoms with Crippen LogP contribution in [0, 0.1) is 0 Å². The van der Waals surface area contributed by atoms with Crippen LogP contribution in [0.15, 0.2) is 23.2 Å². The summed E-state index contributed by atoms with van der Waals surface area (Å²) in [6.45, 7) is 0. The van der Waals surface area contributed by atoms with E-state index in [1.165, 1.54) is 0 Å². The molecule has 0 atom stereocenters. The predicted molar refractivity (Wildman–Crippen MR) is 57.5 cm³/mol. The summed E-state index contributed by atoms with van der Waals surface area (Å²) in [6.07, 6.45) is 1.90. The summed E-state index contributed by atoms with van der Waals surface area (Å²) in [5.41, 5.74) is 0.985. The van der Waals surface area contributed by atoms with Crippen LogP contribution in [0.5, 0.6) is 11.5 Å². The highest BCUT2D eigenvalue weighted by Crippen LogP contribution is 2.25. The standard InChI is InChI=1S/C10H11BrO2/c1-12-9-3-4-10(13-2)8(7-9)5-6-11/h3-7H,1-2H3/b6-5+. The Labute approximate surface area is 86.3 Å². The zero-order valence-corrected chi connectivity index (χ0v) is 9.17. The Morgan fingerprint density at radius 1 is 1.23 bits per heavy atom. The molecule has 0 bridgehead atoms. The second kappa shape index (κ2) is 4.92. The number of ether oxygens (including phenoxy) is 2. The van der Waals surface area contributed by atoms with Gasteiger partial charge in [0.05, 0.1) is 14.2 Å². The van der Waals surface area contributed by atoms with Crippen LogP contribution in [0.1, 0.15) is 5.56 Å². The third-order valence-electron chi connectivity index (χ3n) is 1.68. The number of hydrogen-bond donors (Lipinski definition) is 0. The maximum Gasteiger partial charge on any atom is 0.126 e. The van der Waals surface area contributed by atoms with E-state index in [2.05, 4.69) is 15.9 Å². The van der Waals surface area contributed by atoms with Gasteiger partial charge in [-0.3, -0.25) is 0 Å². The van der Waals surface area contributed by atoms with Crippen molar-refractivity contribution in [3.63, 3.8) is 0 Å². The number of benzene rings is 1. The smallest absolute Gasteiger partial charge is 0.126 e. The summed E-state index contributed by atoms with van der Waals surface area (Å²) in [5, 5.41) is 0. The molecule has 0 amide bonds. The zero-order valence-electron chi connectivity index (χ0n) is 7.58. The average Bonchev–Trinajstić information content (AvgIpc) is 2.18. The van der Waals surface area contributed by atoms with Crippen LogP contribution in [0.2, 0.25) is 0 Å². The lowest BCUT2D eigenvalue weighted by atomic mass is 10.2. The van der Waals surface area contributed by atoms with Gasteiger partial charge in [-0.05, 0) is 29.3 Å². The number of halogens is 1. The lowest BCUT2D eigenvalue weighted by molar-refractivity contribution is 0.402. The van der Waals surface area contributed by atoms with Crippen molar-refractivity contribution >= 4 is 22.0 Å². The minimum absolute atomic E-state index is 0.821. The molecule has 1 rings (SSSR count). The molecule has 0 heterocycles. The van der Waals surface area contributed by atoms with Crippen molar-refractivity contribution in [1.29, 1.82) is 0 Å². The number of hydrogen-bond acceptors (Lipinski definition) is 2. The molecular weight excluding hydrogens is 232 g/mol. The second-order valence-electron chi connectivity index (χ2n) is 2.40. The first-order valence-electron chi connectivity index (χ1n) is 3.80. The first-order chi connectivity index (χ1) is 6.31. The van der Waals surface area contributed by atoms with Crippen LogP contribution in [0.4, 0.5) is 0 Å². The Morgan fingerprint density at radius 3 is 2.54 bits per heavy atom. The summed E-state index contributed by atoms with van der Waals surface area (Å²) in [4.78, 5) is 1.78. The normalized spacial score (nSPS) is 10.4. The van der Waals surface area contributed by atoms with Gasteiger partial charge in [0.1, 0.15) is 11.5 Å². The molecule has 13 heavy (non-hydrogen) atoms. The predicted octanol–water partition coefficient (Wildman–Crippen LogP) is 3.07. The van der Waals surface area contributed by atoms with Crippen molar-refractivity contribution < 1.29 is 9.47 Å². The molecule has 0 saturated heterocycles. The monoisotopic (exact) mass is 242 g/mol. The molecule has 0 saturated carbocycles. The molecule has 2 nitrogen and oxygen atoms in total. The zero-order chi connectivity index (χ0) is 9.68. The molecule has 0 radical (unpaired) electrons. The van der Waals surface area contributed by atoms with E-state index in [-0.39, 0.29) is 0 Å². The minimum Gasteiger partial charge on any atom is -0.497 e. The van der Waals surface area contributed by atoms with E-state index in [0.29, 0.717) is 0 Å². The van der Waals surface area contributed by atoms with Gasteiger partial charge in [-0.25, -0.2) is 0 Å². The van der Waals surface area contributed by atoms with Gasteiger partial charge in [0.15, 0.2) is 0 Å². The van der Waals surface area contributed by atoms with Gasteiger partial charge in [-0.1, -0.05) is 15.9 Å². The van der Waals surface area contributed by atoms with E-state index in [1.54, 1.807) is 19.2 Å². The third-order valence-corrected chi connectivity index (χ3v) is 1.94. The first-order valence-corrected chi connectivity index (χ1v) is 4.72. The van der Waals surface area contributed by atoms with E-state index in [9.17, 15) is 0 Å². The molecule has 0 aliphatic heterocycles. The fourth-order valence-corrected chi connectivity index (χ4v) is 1.32. The Bertz CT molecular complexity index is 308. The molecule has 0 fully saturated rings. The Kier molecular flexibility index (Phi) is 3.83. The summed E-state index contributed by atoms with van der Waals surface area (Å²) in [5.74, 6) is 1.65. The molecule has 3 heteroatoms. The summed E-state index contributed by atoms with van der Waals surface area (Å²) in [7, 11) is 3.29. The van der Waals surface area contributed by atoms with E-state index in [1.807, 2.05) is 24.3 Å². The minimum atomic E-state index is 0.821. The van der Waals surface area contributed by atoms with Crippen LogP contribution in [0.25, 0.3) is 6.08 Å². The third kappa shape index (κ3) is 2.49. The van der Waals surface area contributed by atoms with E-state index in [4.69, 9.17) is 9.47 Å². The van der Waals surface area contributed by atoms with Gasteiger partial charge >= 0.3 is 0 Å². The van der Waals surface area contributed by atoms with Gasteiger partial charge in [0.25, 0.3) is 0 Å². The second-order valence-corrected chi connectivity index (χ2v) is 2.93. The molecule has 0 spiro atoms. The average molecular weight is 243 g/mol. The Morgan fingerprint density at radius 2 is 2.00 bits per heavy atom. The lowest BCUT2D eigenvalue weighted by Crippen LogP contribution is -1.88. The van der Waals surface area contributed by atoms with Gasteiger partial charge in [-0.15, -0.1) is 0 Å². The summed E-state index contributed by atoms with van der Waals surface area (Å²) >= 11 is 3.22. The highest BCUT2D eigenvalue weighted by molar-refractivity contribution is 9.11. The molecule has 0 aromatic heterocycles. The molecule has 0 N–H and O–H groups in total. The van der Waals surface area contributed by atoms with Crippen molar-refractivity contribution in [2.24, 2.45) is 0 Å². The van der Waals surface area contributed by atoms with Crippen molar-refractivity contribution in [3.8, 4) is 11.5 Å². The van der Waals surface area contributed by atoms with Crippen molar-refractivity contribution in [2.75, 3.05) is 14.2 Å². The van der Waals surface area contributed by atoms with Crippen LogP contribution < -0.4 is 9.47 Å². The fourth-order valence-electron chi connectivity index (χ4n) is 1.04. The first kappa shape index (κ1) is 10.1. The van der Waals surface area contributed by atoms with Crippen LogP contribution in [-0.4, -0.2) is 14.2 Å². The SMILES string of the molecule is COc1ccc(OC)c(/C=C/Br)c1. The van der Waals surface area contributed by atoms with Crippen molar-refractivity contribution in [1.82, 2.24) is 0 Å². The highest BCUT2D eigenvalue weighted by atomic mass is 79.9. The molecular formula is C10H11BrO2. The van der Waals surface area contributed by atoms with E-state index in [0.717, 1.165) is 17.1 Å². The van der Waals surface area contributed by atoms with Gasteiger partial charge in [0.2, 0.25) is 0 Å². The number of methoxy groups -OCH3 is 2. The lowest BCUT2D eigenvalue weighted by Gasteiger charge is -2.06. The van der Waals surface area contributed by atoms with Crippen LogP contribution in [-0.2, 0) is 0 Å². The molecule has 0 unspecified atom stereocenters. The molecule has 1 aromatic carbocycles. The van der Waals surface area contributed by atoms with Crippen molar-refractivity contribution in [2.45, 2.75) is 0 Å². The van der Waals surface area contributed by atoms with E-state index >= 15 is 0 Å². The van der Waals surface area contributed by atoms with Gasteiger partial charge < -0.3 is 9.47 Å². The van der Waals surface area contributed by atoms with Gasteiger partial charge in [-0.2, -0.15) is 0 Å².